The molecular weight excluding hydrogens is 389 g/mol. The summed E-state index contributed by atoms with van der Waals surface area (Å²) in [5, 5.41) is 0.494. The number of likely N-dealkylation sites (N-methyl/N-ethyl adjacent to an activating group) is 1. The van der Waals surface area contributed by atoms with Crippen LogP contribution in [0.4, 0.5) is 10.1 Å². The number of benzene rings is 2. The van der Waals surface area contributed by atoms with Crippen molar-refractivity contribution in [2.24, 2.45) is 0 Å². The van der Waals surface area contributed by atoms with E-state index in [2.05, 4.69) is 4.98 Å². The number of carbonyl (C=O) groups is 1. The van der Waals surface area contributed by atoms with Crippen LogP contribution in [0.5, 0.6) is 0 Å². The van der Waals surface area contributed by atoms with Crippen molar-refractivity contribution in [3.63, 3.8) is 0 Å². The van der Waals surface area contributed by atoms with E-state index in [1.54, 1.807) is 12.1 Å². The fourth-order valence-corrected chi connectivity index (χ4v) is 4.17. The summed E-state index contributed by atoms with van der Waals surface area (Å²) in [5.74, 6) is -0.629. The van der Waals surface area contributed by atoms with Crippen LogP contribution < -0.4 is 10.5 Å². The molecule has 2 aromatic carbocycles. The van der Waals surface area contributed by atoms with Gasteiger partial charge in [0, 0.05) is 17.1 Å². The van der Waals surface area contributed by atoms with Gasteiger partial charge in [0.15, 0.2) is 0 Å². The molecule has 0 unspecified atom stereocenters. The first-order chi connectivity index (χ1) is 14.1. The summed E-state index contributed by atoms with van der Waals surface area (Å²) in [5.41, 5.74) is 1.35. The Labute approximate surface area is 170 Å². The maximum Gasteiger partial charge on any atom is 0.262 e. The standard InChI is InChI=1S/C22H18FN3O2S/c1-2-26(17-10-8-16(23)9-11-17)20(27)13-25-14-24-21-18(22(25)28)12-19(29-21)15-6-4-3-5-7-15/h3-12,14H,2,13H2,1H3. The molecule has 1 amide bonds. The summed E-state index contributed by atoms with van der Waals surface area (Å²) < 4.78 is 14.5. The molecule has 0 aliphatic heterocycles. The van der Waals surface area contributed by atoms with Gasteiger partial charge in [-0.05, 0) is 42.8 Å². The van der Waals surface area contributed by atoms with Gasteiger partial charge >= 0.3 is 0 Å². The SMILES string of the molecule is CCN(C(=O)Cn1cnc2sc(-c3ccccc3)cc2c1=O)c1ccc(F)cc1. The number of amides is 1. The smallest absolute Gasteiger partial charge is 0.262 e. The Morgan fingerprint density at radius 2 is 1.86 bits per heavy atom. The second-order valence-electron chi connectivity index (χ2n) is 6.49. The molecule has 0 aliphatic carbocycles. The highest BCUT2D eigenvalue weighted by Gasteiger charge is 2.17. The van der Waals surface area contributed by atoms with Crippen molar-refractivity contribution in [2.75, 3.05) is 11.4 Å². The Balaban J connectivity index is 1.63. The Morgan fingerprint density at radius 1 is 1.14 bits per heavy atom. The van der Waals surface area contributed by atoms with Crippen LogP contribution >= 0.6 is 11.3 Å². The lowest BCUT2D eigenvalue weighted by Crippen LogP contribution is -2.36. The summed E-state index contributed by atoms with van der Waals surface area (Å²) in [6.07, 6.45) is 1.41. The van der Waals surface area contributed by atoms with Crippen LogP contribution in [0.1, 0.15) is 6.92 Å². The van der Waals surface area contributed by atoms with Crippen LogP contribution in [0, 0.1) is 5.82 Å². The molecule has 4 aromatic rings. The van der Waals surface area contributed by atoms with E-state index in [9.17, 15) is 14.0 Å². The molecule has 2 heterocycles. The third-order valence-corrected chi connectivity index (χ3v) is 5.73. The molecule has 0 fully saturated rings. The predicted molar refractivity (Wildman–Crippen MR) is 114 cm³/mol. The molecule has 0 saturated heterocycles. The van der Waals surface area contributed by atoms with Crippen LogP contribution in [0.15, 0.2) is 71.8 Å². The van der Waals surface area contributed by atoms with Gasteiger partial charge in [-0.15, -0.1) is 11.3 Å². The third-order valence-electron chi connectivity index (χ3n) is 4.64. The fourth-order valence-electron chi connectivity index (χ4n) is 3.17. The number of hydrogen-bond acceptors (Lipinski definition) is 4. The lowest BCUT2D eigenvalue weighted by Gasteiger charge is -2.21. The van der Waals surface area contributed by atoms with Crippen molar-refractivity contribution in [3.8, 4) is 10.4 Å². The van der Waals surface area contributed by atoms with Crippen LogP contribution in [0.2, 0.25) is 0 Å². The molecule has 0 bridgehead atoms. The first kappa shape index (κ1) is 19.0. The molecule has 0 aliphatic rings. The highest BCUT2D eigenvalue weighted by Crippen LogP contribution is 2.30. The maximum absolute atomic E-state index is 13.2. The molecule has 0 saturated carbocycles. The van der Waals surface area contributed by atoms with Crippen molar-refractivity contribution >= 4 is 33.1 Å². The minimum Gasteiger partial charge on any atom is -0.311 e. The van der Waals surface area contributed by atoms with Crippen molar-refractivity contribution in [1.82, 2.24) is 9.55 Å². The molecular formula is C22H18FN3O2S. The number of halogens is 1. The van der Waals surface area contributed by atoms with Gasteiger partial charge in [0.1, 0.15) is 17.2 Å². The maximum atomic E-state index is 13.2. The first-order valence-electron chi connectivity index (χ1n) is 9.17. The summed E-state index contributed by atoms with van der Waals surface area (Å²) >= 11 is 1.45. The molecule has 29 heavy (non-hydrogen) atoms. The zero-order valence-corrected chi connectivity index (χ0v) is 16.5. The number of nitrogens with zero attached hydrogens (tertiary/aromatic N) is 3. The van der Waals surface area contributed by atoms with E-state index in [0.29, 0.717) is 22.4 Å². The summed E-state index contributed by atoms with van der Waals surface area (Å²) in [7, 11) is 0. The number of rotatable bonds is 5. The Morgan fingerprint density at radius 3 is 2.55 bits per heavy atom. The Hall–Kier alpha value is -3.32. The number of thiophene rings is 1. The minimum absolute atomic E-state index is 0.135. The third kappa shape index (κ3) is 3.82. The van der Waals surface area contributed by atoms with Gasteiger partial charge in [-0.3, -0.25) is 14.2 Å². The number of carbonyl (C=O) groups excluding carboxylic acids is 1. The summed E-state index contributed by atoms with van der Waals surface area (Å²) in [6.45, 7) is 2.10. The van der Waals surface area contributed by atoms with Gasteiger partial charge in [-0.1, -0.05) is 30.3 Å². The lowest BCUT2D eigenvalue weighted by molar-refractivity contribution is -0.119. The highest BCUT2D eigenvalue weighted by atomic mass is 32.1. The summed E-state index contributed by atoms with van der Waals surface area (Å²) in [4.78, 5) is 33.2. The van der Waals surface area contributed by atoms with Gasteiger partial charge in [0.05, 0.1) is 11.7 Å². The van der Waals surface area contributed by atoms with E-state index in [0.717, 1.165) is 10.4 Å². The highest BCUT2D eigenvalue weighted by molar-refractivity contribution is 7.21. The number of anilines is 1. The average molecular weight is 407 g/mol. The van der Waals surface area contributed by atoms with E-state index in [-0.39, 0.29) is 23.8 Å². The largest absolute Gasteiger partial charge is 0.311 e. The molecule has 5 nitrogen and oxygen atoms in total. The second-order valence-corrected chi connectivity index (χ2v) is 7.52. The zero-order valence-electron chi connectivity index (χ0n) is 15.7. The van der Waals surface area contributed by atoms with Gasteiger partial charge in [-0.25, -0.2) is 9.37 Å². The van der Waals surface area contributed by atoms with Gasteiger partial charge in [0.25, 0.3) is 5.56 Å². The van der Waals surface area contributed by atoms with E-state index in [1.807, 2.05) is 43.3 Å². The first-order valence-corrected chi connectivity index (χ1v) is 9.99. The van der Waals surface area contributed by atoms with E-state index >= 15 is 0 Å². The fraction of sp³-hybridized carbons (Fsp3) is 0.136. The molecule has 0 spiro atoms. The summed E-state index contributed by atoms with van der Waals surface area (Å²) in [6, 6.07) is 17.3. The lowest BCUT2D eigenvalue weighted by atomic mass is 10.2. The van der Waals surface area contributed by atoms with E-state index in [1.165, 1.54) is 39.3 Å². The monoisotopic (exact) mass is 407 g/mol. The average Bonchev–Trinajstić information content (AvgIpc) is 3.18. The number of fused-ring (bicyclic) bond motifs is 1. The van der Waals surface area contributed by atoms with Gasteiger partial charge in [0.2, 0.25) is 5.91 Å². The molecule has 0 N–H and O–H groups in total. The normalized spacial score (nSPS) is 11.0. The zero-order chi connectivity index (χ0) is 20.4. The second kappa shape index (κ2) is 7.97. The molecule has 0 atom stereocenters. The topological polar surface area (TPSA) is 55.2 Å². The Bertz CT molecular complexity index is 1220. The predicted octanol–water partition coefficient (Wildman–Crippen LogP) is 4.32. The molecule has 0 radical (unpaired) electrons. The number of hydrogen-bond donors (Lipinski definition) is 0. The molecule has 2 aromatic heterocycles. The molecule has 4 rings (SSSR count). The number of aromatic nitrogens is 2. The minimum atomic E-state index is -0.366. The van der Waals surface area contributed by atoms with E-state index in [4.69, 9.17) is 0 Å². The molecule has 7 heteroatoms. The van der Waals surface area contributed by atoms with Crippen LogP contribution in [-0.4, -0.2) is 22.0 Å². The van der Waals surface area contributed by atoms with Crippen molar-refractivity contribution in [2.45, 2.75) is 13.5 Å². The van der Waals surface area contributed by atoms with Crippen molar-refractivity contribution < 1.29 is 9.18 Å². The van der Waals surface area contributed by atoms with Crippen molar-refractivity contribution in [1.29, 1.82) is 0 Å². The van der Waals surface area contributed by atoms with Crippen LogP contribution in [-0.2, 0) is 11.3 Å². The quantitative estimate of drug-likeness (QED) is 0.495. The van der Waals surface area contributed by atoms with E-state index < -0.39 is 0 Å². The van der Waals surface area contributed by atoms with Crippen LogP contribution in [0.3, 0.4) is 0 Å². The van der Waals surface area contributed by atoms with Gasteiger partial charge in [-0.2, -0.15) is 0 Å². The molecule has 146 valence electrons. The van der Waals surface area contributed by atoms with Crippen LogP contribution in [0.25, 0.3) is 20.7 Å². The van der Waals surface area contributed by atoms with Crippen molar-refractivity contribution in [3.05, 3.63) is 83.2 Å². The van der Waals surface area contributed by atoms with Gasteiger partial charge < -0.3 is 4.90 Å². The Kier molecular flexibility index (Phi) is 5.22.